The van der Waals surface area contributed by atoms with Gasteiger partial charge in [-0.25, -0.2) is 0 Å². The van der Waals surface area contributed by atoms with Gasteiger partial charge in [-0.1, -0.05) is 6.92 Å². The molecule has 140 valence electrons. The summed E-state index contributed by atoms with van der Waals surface area (Å²) in [6, 6.07) is 14.4. The summed E-state index contributed by atoms with van der Waals surface area (Å²) in [5, 5.41) is 2.87. The predicted molar refractivity (Wildman–Crippen MR) is 103 cm³/mol. The number of nitrogens with one attached hydrogen (secondary N) is 1. The van der Waals surface area contributed by atoms with Crippen LogP contribution in [0.4, 0.5) is 5.69 Å². The van der Waals surface area contributed by atoms with Crippen LogP contribution in [0.25, 0.3) is 0 Å². The maximum atomic E-state index is 12.3. The fraction of sp³-hybridized carbons (Fsp3) is 0.381. The number of ether oxygens (including phenoxy) is 3. The van der Waals surface area contributed by atoms with Crippen molar-refractivity contribution < 1.29 is 19.0 Å². The Morgan fingerprint density at radius 1 is 0.962 bits per heavy atom. The summed E-state index contributed by atoms with van der Waals surface area (Å²) in [7, 11) is 0. The fourth-order valence-corrected chi connectivity index (χ4v) is 2.20. The van der Waals surface area contributed by atoms with E-state index in [4.69, 9.17) is 14.2 Å². The largest absolute Gasteiger partial charge is 0.491 e. The first kappa shape index (κ1) is 19.8. The molecule has 0 fully saturated rings. The van der Waals surface area contributed by atoms with E-state index in [2.05, 4.69) is 12.2 Å². The van der Waals surface area contributed by atoms with E-state index in [-0.39, 0.29) is 12.0 Å². The SMILES string of the molecule is CCOCCOc1ccc(NC(=O)c2ccc(OC(C)CC)cc2)cc1. The highest BCUT2D eigenvalue weighted by Crippen LogP contribution is 2.18. The third kappa shape index (κ3) is 6.41. The molecule has 2 aromatic carbocycles. The first-order valence-electron chi connectivity index (χ1n) is 9.01. The lowest BCUT2D eigenvalue weighted by Crippen LogP contribution is -2.13. The lowest BCUT2D eigenvalue weighted by Gasteiger charge is -2.13. The second kappa shape index (κ2) is 10.5. The molecule has 1 atom stereocenters. The van der Waals surface area contributed by atoms with E-state index in [1.54, 1.807) is 12.1 Å². The van der Waals surface area contributed by atoms with E-state index in [0.29, 0.717) is 31.1 Å². The third-order valence-corrected chi connectivity index (χ3v) is 3.84. The molecule has 0 saturated heterocycles. The van der Waals surface area contributed by atoms with Crippen molar-refractivity contribution in [3.05, 3.63) is 54.1 Å². The summed E-state index contributed by atoms with van der Waals surface area (Å²) in [5.74, 6) is 1.35. The Bertz CT molecular complexity index is 667. The number of carbonyl (C=O) groups is 1. The number of rotatable bonds is 10. The van der Waals surface area contributed by atoms with Crippen LogP contribution in [-0.2, 0) is 4.74 Å². The minimum Gasteiger partial charge on any atom is -0.491 e. The molecule has 0 heterocycles. The number of benzene rings is 2. The third-order valence-electron chi connectivity index (χ3n) is 3.84. The van der Waals surface area contributed by atoms with Crippen molar-refractivity contribution in [1.29, 1.82) is 0 Å². The molecule has 0 aliphatic heterocycles. The summed E-state index contributed by atoms with van der Waals surface area (Å²) >= 11 is 0. The predicted octanol–water partition coefficient (Wildman–Crippen LogP) is 4.53. The summed E-state index contributed by atoms with van der Waals surface area (Å²) in [4.78, 5) is 12.3. The molecule has 5 heteroatoms. The molecule has 0 radical (unpaired) electrons. The minimum atomic E-state index is -0.162. The monoisotopic (exact) mass is 357 g/mol. The second-order valence-electron chi connectivity index (χ2n) is 5.88. The zero-order valence-corrected chi connectivity index (χ0v) is 15.7. The molecule has 1 unspecified atom stereocenters. The minimum absolute atomic E-state index is 0.156. The molecule has 26 heavy (non-hydrogen) atoms. The molecule has 0 aromatic heterocycles. The number of hydrogen-bond acceptors (Lipinski definition) is 4. The standard InChI is InChI=1S/C21H27NO4/c1-4-16(3)26-20-10-6-17(7-11-20)21(23)22-18-8-12-19(13-9-18)25-15-14-24-5-2/h6-13,16H,4-5,14-15H2,1-3H3,(H,22,23). The van der Waals surface area contributed by atoms with Crippen LogP contribution >= 0.6 is 0 Å². The van der Waals surface area contributed by atoms with Gasteiger partial charge in [0.25, 0.3) is 5.91 Å². The van der Waals surface area contributed by atoms with Crippen molar-refractivity contribution in [1.82, 2.24) is 0 Å². The summed E-state index contributed by atoms with van der Waals surface area (Å²) in [5.41, 5.74) is 1.30. The highest BCUT2D eigenvalue weighted by molar-refractivity contribution is 6.04. The van der Waals surface area contributed by atoms with Gasteiger partial charge >= 0.3 is 0 Å². The molecule has 0 aliphatic carbocycles. The van der Waals surface area contributed by atoms with Gasteiger partial charge in [0.05, 0.1) is 12.7 Å². The van der Waals surface area contributed by atoms with Crippen LogP contribution in [0.15, 0.2) is 48.5 Å². The molecule has 5 nitrogen and oxygen atoms in total. The molecule has 1 N–H and O–H groups in total. The van der Waals surface area contributed by atoms with E-state index in [1.165, 1.54) is 0 Å². The average Bonchev–Trinajstić information content (AvgIpc) is 2.67. The van der Waals surface area contributed by atoms with E-state index in [9.17, 15) is 4.79 Å². The van der Waals surface area contributed by atoms with Crippen LogP contribution in [0, 0.1) is 0 Å². The molecule has 2 rings (SSSR count). The van der Waals surface area contributed by atoms with Crippen molar-refractivity contribution in [3.63, 3.8) is 0 Å². The zero-order valence-electron chi connectivity index (χ0n) is 15.7. The van der Waals surface area contributed by atoms with Crippen molar-refractivity contribution in [3.8, 4) is 11.5 Å². The quantitative estimate of drug-likeness (QED) is 0.635. The normalized spacial score (nSPS) is 11.7. The van der Waals surface area contributed by atoms with Crippen LogP contribution in [-0.4, -0.2) is 31.8 Å². The lowest BCUT2D eigenvalue weighted by molar-refractivity contribution is 0.102. The molecule has 0 saturated carbocycles. The van der Waals surface area contributed by atoms with Gasteiger partial charge in [-0.2, -0.15) is 0 Å². The fourth-order valence-electron chi connectivity index (χ4n) is 2.20. The molecule has 0 aliphatic rings. The van der Waals surface area contributed by atoms with Crippen molar-refractivity contribution in [2.45, 2.75) is 33.3 Å². The molecular weight excluding hydrogens is 330 g/mol. The summed E-state index contributed by atoms with van der Waals surface area (Å²) < 4.78 is 16.5. The highest BCUT2D eigenvalue weighted by Gasteiger charge is 2.07. The van der Waals surface area contributed by atoms with Gasteiger partial charge < -0.3 is 19.5 Å². The van der Waals surface area contributed by atoms with Crippen LogP contribution in [0.5, 0.6) is 11.5 Å². The Morgan fingerprint density at radius 3 is 2.23 bits per heavy atom. The van der Waals surface area contributed by atoms with Crippen molar-refractivity contribution in [2.75, 3.05) is 25.1 Å². The first-order valence-corrected chi connectivity index (χ1v) is 9.01. The number of hydrogen-bond donors (Lipinski definition) is 1. The Kier molecular flexibility index (Phi) is 7.96. The summed E-state index contributed by atoms with van der Waals surface area (Å²) in [6.45, 7) is 7.78. The van der Waals surface area contributed by atoms with Crippen LogP contribution < -0.4 is 14.8 Å². The van der Waals surface area contributed by atoms with Gasteiger partial charge in [0.1, 0.15) is 18.1 Å². The number of carbonyl (C=O) groups excluding carboxylic acids is 1. The van der Waals surface area contributed by atoms with E-state index >= 15 is 0 Å². The van der Waals surface area contributed by atoms with Crippen molar-refractivity contribution >= 4 is 11.6 Å². The van der Waals surface area contributed by atoms with Gasteiger partial charge in [-0.15, -0.1) is 0 Å². The first-order chi connectivity index (χ1) is 12.6. The van der Waals surface area contributed by atoms with Gasteiger partial charge in [0, 0.05) is 17.9 Å². The molecule has 2 aromatic rings. The second-order valence-corrected chi connectivity index (χ2v) is 5.88. The van der Waals surface area contributed by atoms with Gasteiger partial charge in [-0.05, 0) is 68.8 Å². The Labute approximate surface area is 155 Å². The van der Waals surface area contributed by atoms with E-state index < -0.39 is 0 Å². The number of amides is 1. The zero-order chi connectivity index (χ0) is 18.8. The molecule has 0 spiro atoms. The maximum Gasteiger partial charge on any atom is 0.255 e. The van der Waals surface area contributed by atoms with Gasteiger partial charge in [0.2, 0.25) is 0 Å². The van der Waals surface area contributed by atoms with Crippen LogP contribution in [0.1, 0.15) is 37.6 Å². The Hall–Kier alpha value is -2.53. The van der Waals surface area contributed by atoms with Gasteiger partial charge in [-0.3, -0.25) is 4.79 Å². The molecule has 1 amide bonds. The molecule has 0 bridgehead atoms. The van der Waals surface area contributed by atoms with E-state index in [0.717, 1.165) is 17.9 Å². The van der Waals surface area contributed by atoms with Crippen molar-refractivity contribution in [2.24, 2.45) is 0 Å². The average molecular weight is 357 g/mol. The van der Waals surface area contributed by atoms with Gasteiger partial charge in [0.15, 0.2) is 0 Å². The highest BCUT2D eigenvalue weighted by atomic mass is 16.5. The Morgan fingerprint density at radius 2 is 1.62 bits per heavy atom. The maximum absolute atomic E-state index is 12.3. The van der Waals surface area contributed by atoms with Crippen LogP contribution in [0.3, 0.4) is 0 Å². The topological polar surface area (TPSA) is 56.8 Å². The number of anilines is 1. The lowest BCUT2D eigenvalue weighted by atomic mass is 10.2. The summed E-state index contributed by atoms with van der Waals surface area (Å²) in [6.07, 6.45) is 1.09. The van der Waals surface area contributed by atoms with Crippen LogP contribution in [0.2, 0.25) is 0 Å². The van der Waals surface area contributed by atoms with E-state index in [1.807, 2.05) is 50.2 Å². The smallest absolute Gasteiger partial charge is 0.255 e. The Balaban J connectivity index is 1.86. The molecular formula is C21H27NO4.